The SMILES string of the molecule is CCC(C(N)=O)c1cc(C(CC)N2CCOCC2)c(C)cn1. The Labute approximate surface area is 132 Å². The third-order valence-electron chi connectivity index (χ3n) is 4.51. The summed E-state index contributed by atoms with van der Waals surface area (Å²) >= 11 is 0. The van der Waals surface area contributed by atoms with Gasteiger partial charge >= 0.3 is 0 Å². The van der Waals surface area contributed by atoms with E-state index in [1.165, 1.54) is 11.1 Å². The van der Waals surface area contributed by atoms with Gasteiger partial charge in [-0.2, -0.15) is 0 Å². The van der Waals surface area contributed by atoms with Crippen LogP contribution in [-0.4, -0.2) is 42.1 Å². The number of ether oxygens (including phenoxy) is 1. The molecule has 2 unspecified atom stereocenters. The summed E-state index contributed by atoms with van der Waals surface area (Å²) in [5, 5.41) is 0. The van der Waals surface area contributed by atoms with Crippen LogP contribution in [0.5, 0.6) is 0 Å². The Morgan fingerprint density at radius 3 is 2.59 bits per heavy atom. The van der Waals surface area contributed by atoms with Gasteiger partial charge in [0.1, 0.15) is 0 Å². The lowest BCUT2D eigenvalue weighted by Crippen LogP contribution is -2.39. The first-order valence-electron chi connectivity index (χ1n) is 8.16. The van der Waals surface area contributed by atoms with Crippen LogP contribution in [0.1, 0.15) is 55.5 Å². The van der Waals surface area contributed by atoms with Crippen LogP contribution in [0.3, 0.4) is 0 Å². The summed E-state index contributed by atoms with van der Waals surface area (Å²) in [5.74, 6) is -0.606. The normalized spacial score (nSPS) is 18.9. The number of hydrogen-bond donors (Lipinski definition) is 1. The Morgan fingerprint density at radius 2 is 2.05 bits per heavy atom. The van der Waals surface area contributed by atoms with Crippen LogP contribution in [-0.2, 0) is 9.53 Å². The zero-order valence-corrected chi connectivity index (χ0v) is 13.8. The highest BCUT2D eigenvalue weighted by Gasteiger charge is 2.25. The van der Waals surface area contributed by atoms with Crippen LogP contribution >= 0.6 is 0 Å². The molecule has 0 bridgehead atoms. The van der Waals surface area contributed by atoms with E-state index in [1.54, 1.807) is 0 Å². The van der Waals surface area contributed by atoms with Crippen molar-refractivity contribution in [3.63, 3.8) is 0 Å². The lowest BCUT2D eigenvalue weighted by Gasteiger charge is -2.35. The average molecular weight is 305 g/mol. The molecule has 1 aromatic rings. The Balaban J connectivity index is 2.33. The monoisotopic (exact) mass is 305 g/mol. The van der Waals surface area contributed by atoms with Crippen LogP contribution < -0.4 is 5.73 Å². The Bertz CT molecular complexity index is 513. The number of carbonyl (C=O) groups is 1. The van der Waals surface area contributed by atoms with Gasteiger partial charge in [-0.3, -0.25) is 14.7 Å². The highest BCUT2D eigenvalue weighted by atomic mass is 16.5. The summed E-state index contributed by atoms with van der Waals surface area (Å²) in [4.78, 5) is 18.5. The summed E-state index contributed by atoms with van der Waals surface area (Å²) in [6.45, 7) is 9.71. The number of primary amides is 1. The fraction of sp³-hybridized carbons (Fsp3) is 0.647. The molecule has 22 heavy (non-hydrogen) atoms. The second-order valence-corrected chi connectivity index (χ2v) is 5.90. The van der Waals surface area contributed by atoms with Gasteiger partial charge in [-0.1, -0.05) is 13.8 Å². The fourth-order valence-corrected chi connectivity index (χ4v) is 3.23. The van der Waals surface area contributed by atoms with Crippen molar-refractivity contribution in [2.75, 3.05) is 26.3 Å². The molecule has 1 amide bonds. The predicted octanol–water partition coefficient (Wildman–Crippen LogP) is 2.15. The first kappa shape index (κ1) is 16.9. The number of amides is 1. The lowest BCUT2D eigenvalue weighted by atomic mass is 9.93. The molecule has 0 saturated carbocycles. The van der Waals surface area contributed by atoms with Crippen LogP contribution in [0.25, 0.3) is 0 Å². The van der Waals surface area contributed by atoms with Crippen molar-refractivity contribution >= 4 is 5.91 Å². The van der Waals surface area contributed by atoms with Crippen molar-refractivity contribution in [2.45, 2.75) is 45.6 Å². The van der Waals surface area contributed by atoms with Crippen LogP contribution in [0.15, 0.2) is 12.3 Å². The molecule has 2 rings (SSSR count). The molecule has 1 aromatic heterocycles. The third-order valence-corrected chi connectivity index (χ3v) is 4.51. The first-order chi connectivity index (χ1) is 10.6. The van der Waals surface area contributed by atoms with Crippen LogP contribution in [0.2, 0.25) is 0 Å². The van der Waals surface area contributed by atoms with E-state index >= 15 is 0 Å². The molecule has 5 nitrogen and oxygen atoms in total. The van der Waals surface area contributed by atoms with Crippen LogP contribution in [0.4, 0.5) is 0 Å². The van der Waals surface area contributed by atoms with E-state index < -0.39 is 0 Å². The van der Waals surface area contributed by atoms with Gasteiger partial charge in [0.25, 0.3) is 0 Å². The largest absolute Gasteiger partial charge is 0.379 e. The predicted molar refractivity (Wildman–Crippen MR) is 86.6 cm³/mol. The average Bonchev–Trinajstić information content (AvgIpc) is 2.52. The van der Waals surface area contributed by atoms with Crippen molar-refractivity contribution in [1.82, 2.24) is 9.88 Å². The summed E-state index contributed by atoms with van der Waals surface area (Å²) in [6.07, 6.45) is 3.58. The molecule has 122 valence electrons. The molecule has 0 spiro atoms. The maximum absolute atomic E-state index is 11.6. The van der Waals surface area contributed by atoms with Gasteiger partial charge in [-0.15, -0.1) is 0 Å². The fourth-order valence-electron chi connectivity index (χ4n) is 3.23. The number of nitrogens with zero attached hydrogens (tertiary/aromatic N) is 2. The van der Waals surface area contributed by atoms with Gasteiger partial charge in [-0.25, -0.2) is 0 Å². The third kappa shape index (κ3) is 3.65. The molecule has 1 saturated heterocycles. The number of aryl methyl sites for hydroxylation is 1. The first-order valence-corrected chi connectivity index (χ1v) is 8.16. The Morgan fingerprint density at radius 1 is 1.36 bits per heavy atom. The minimum Gasteiger partial charge on any atom is -0.379 e. The molecule has 2 atom stereocenters. The van der Waals surface area contributed by atoms with Crippen molar-refractivity contribution in [2.24, 2.45) is 5.73 Å². The quantitative estimate of drug-likeness (QED) is 0.874. The molecule has 0 aromatic carbocycles. The number of rotatable bonds is 6. The van der Waals surface area contributed by atoms with Gasteiger partial charge in [-0.05, 0) is 37.0 Å². The van der Waals surface area contributed by atoms with Crippen molar-refractivity contribution in [3.8, 4) is 0 Å². The molecule has 0 radical (unpaired) electrons. The van der Waals surface area contributed by atoms with E-state index in [4.69, 9.17) is 10.5 Å². The van der Waals surface area contributed by atoms with Crippen molar-refractivity contribution < 1.29 is 9.53 Å². The number of hydrogen-bond acceptors (Lipinski definition) is 4. The molecule has 2 heterocycles. The smallest absolute Gasteiger partial charge is 0.226 e. The van der Waals surface area contributed by atoms with Crippen LogP contribution in [0, 0.1) is 6.92 Å². The van der Waals surface area contributed by atoms with Crippen molar-refractivity contribution in [3.05, 3.63) is 29.1 Å². The van der Waals surface area contributed by atoms with E-state index in [0.717, 1.165) is 38.4 Å². The minimum absolute atomic E-state index is 0.302. The number of pyridine rings is 1. The molecule has 1 aliphatic heterocycles. The van der Waals surface area contributed by atoms with Gasteiger partial charge in [0.15, 0.2) is 0 Å². The topological polar surface area (TPSA) is 68.5 Å². The number of nitrogens with two attached hydrogens (primary N) is 1. The highest BCUT2D eigenvalue weighted by molar-refractivity contribution is 5.81. The molecular weight excluding hydrogens is 278 g/mol. The molecular formula is C17H27N3O2. The van der Waals surface area contributed by atoms with E-state index in [1.807, 2.05) is 13.1 Å². The summed E-state index contributed by atoms with van der Waals surface area (Å²) < 4.78 is 5.46. The molecule has 0 aliphatic carbocycles. The van der Waals surface area contributed by atoms with Gasteiger partial charge in [0.05, 0.1) is 24.8 Å². The van der Waals surface area contributed by atoms with E-state index in [-0.39, 0.29) is 11.8 Å². The minimum atomic E-state index is -0.304. The summed E-state index contributed by atoms with van der Waals surface area (Å²) in [5.41, 5.74) is 8.73. The Hall–Kier alpha value is -1.46. The lowest BCUT2D eigenvalue weighted by molar-refractivity contribution is -0.119. The van der Waals surface area contributed by atoms with Gasteiger partial charge in [0.2, 0.25) is 5.91 Å². The number of carbonyl (C=O) groups excluding carboxylic acids is 1. The maximum atomic E-state index is 11.6. The second kappa shape index (κ2) is 7.70. The summed E-state index contributed by atoms with van der Waals surface area (Å²) in [7, 11) is 0. The van der Waals surface area contributed by atoms with E-state index in [2.05, 4.69) is 29.8 Å². The molecule has 1 fully saturated rings. The zero-order valence-electron chi connectivity index (χ0n) is 13.8. The van der Waals surface area contributed by atoms with Crippen molar-refractivity contribution in [1.29, 1.82) is 0 Å². The molecule has 5 heteroatoms. The highest BCUT2D eigenvalue weighted by Crippen LogP contribution is 2.30. The molecule has 1 aliphatic rings. The Kier molecular flexibility index (Phi) is 5.91. The van der Waals surface area contributed by atoms with E-state index in [9.17, 15) is 4.79 Å². The molecule has 2 N–H and O–H groups in total. The van der Waals surface area contributed by atoms with Gasteiger partial charge < -0.3 is 10.5 Å². The summed E-state index contributed by atoms with van der Waals surface area (Å²) in [6, 6.07) is 2.42. The maximum Gasteiger partial charge on any atom is 0.226 e. The number of aromatic nitrogens is 1. The number of morpholine rings is 1. The second-order valence-electron chi connectivity index (χ2n) is 5.90. The van der Waals surface area contributed by atoms with Gasteiger partial charge in [0, 0.05) is 25.3 Å². The van der Waals surface area contributed by atoms with E-state index in [0.29, 0.717) is 12.5 Å². The standard InChI is InChI=1S/C17H27N3O2/c1-4-13(17(18)21)15-10-14(12(3)11-19-15)16(5-2)20-6-8-22-9-7-20/h10-11,13,16H,4-9H2,1-3H3,(H2,18,21). The zero-order chi connectivity index (χ0) is 16.1.